The van der Waals surface area contributed by atoms with E-state index < -0.39 is 0 Å². The molecule has 0 aliphatic carbocycles. The summed E-state index contributed by atoms with van der Waals surface area (Å²) in [4.78, 5) is 12.0. The Hall–Kier alpha value is -1.52. The van der Waals surface area contributed by atoms with Crippen LogP contribution in [0.2, 0.25) is 5.02 Å². The maximum atomic E-state index is 12.0. The Bertz CT molecular complexity index is 579. The fourth-order valence-electron chi connectivity index (χ4n) is 1.63. The molecule has 98 valence electrons. The number of nitrogen functional groups attached to an aromatic ring is 1. The van der Waals surface area contributed by atoms with Crippen LogP contribution in [0.25, 0.3) is 0 Å². The molecule has 0 fully saturated rings. The van der Waals surface area contributed by atoms with Crippen molar-refractivity contribution in [2.45, 2.75) is 6.54 Å². The first-order valence-electron chi connectivity index (χ1n) is 5.63. The van der Waals surface area contributed by atoms with Gasteiger partial charge in [-0.15, -0.1) is 0 Å². The highest BCUT2D eigenvalue weighted by Gasteiger charge is 2.07. The Balaban J connectivity index is 2.03. The predicted molar refractivity (Wildman–Crippen MR) is 81.2 cm³/mol. The molecule has 0 aliphatic heterocycles. The van der Waals surface area contributed by atoms with Crippen molar-refractivity contribution in [1.82, 2.24) is 5.32 Å². The second-order valence-electron chi connectivity index (χ2n) is 4.08. The van der Waals surface area contributed by atoms with Crippen molar-refractivity contribution in [2.24, 2.45) is 0 Å². The number of amides is 1. The van der Waals surface area contributed by atoms with Gasteiger partial charge in [0.2, 0.25) is 0 Å². The highest BCUT2D eigenvalue weighted by Crippen LogP contribution is 2.16. The third-order valence-electron chi connectivity index (χ3n) is 2.55. The number of rotatable bonds is 3. The molecule has 1 amide bonds. The number of carbonyl (C=O) groups is 1. The van der Waals surface area contributed by atoms with Gasteiger partial charge in [-0.05, 0) is 35.9 Å². The molecule has 0 spiro atoms. The number of hydrogen-bond acceptors (Lipinski definition) is 2. The van der Waals surface area contributed by atoms with Crippen LogP contribution < -0.4 is 11.1 Å². The predicted octanol–water partition coefficient (Wildman–Crippen LogP) is 3.61. The molecule has 0 saturated heterocycles. The van der Waals surface area contributed by atoms with Crippen molar-refractivity contribution in [2.75, 3.05) is 5.73 Å². The van der Waals surface area contributed by atoms with Crippen molar-refractivity contribution in [1.29, 1.82) is 0 Å². The van der Waals surface area contributed by atoms with Gasteiger partial charge in [0.15, 0.2) is 0 Å². The summed E-state index contributed by atoms with van der Waals surface area (Å²) in [7, 11) is 0. The third-order valence-corrected chi connectivity index (χ3v) is 3.30. The van der Waals surface area contributed by atoms with E-state index in [4.69, 9.17) is 17.3 Å². The van der Waals surface area contributed by atoms with Crippen LogP contribution in [0.4, 0.5) is 5.69 Å². The maximum absolute atomic E-state index is 12.0. The summed E-state index contributed by atoms with van der Waals surface area (Å²) in [6.45, 7) is 0.457. The van der Waals surface area contributed by atoms with Gasteiger partial charge in [0.1, 0.15) is 0 Å². The summed E-state index contributed by atoms with van der Waals surface area (Å²) in [5.41, 5.74) is 7.61. The van der Waals surface area contributed by atoms with E-state index in [9.17, 15) is 4.79 Å². The van der Waals surface area contributed by atoms with Crippen LogP contribution >= 0.6 is 27.5 Å². The van der Waals surface area contributed by atoms with E-state index in [0.29, 0.717) is 22.8 Å². The van der Waals surface area contributed by atoms with E-state index in [-0.39, 0.29) is 5.91 Å². The van der Waals surface area contributed by atoms with Gasteiger partial charge >= 0.3 is 0 Å². The third kappa shape index (κ3) is 3.98. The van der Waals surface area contributed by atoms with Crippen LogP contribution in [0.15, 0.2) is 46.9 Å². The zero-order valence-corrected chi connectivity index (χ0v) is 12.3. The molecule has 0 unspecified atom stereocenters. The Kier molecular flexibility index (Phi) is 4.45. The second kappa shape index (κ2) is 6.08. The SMILES string of the molecule is Nc1cc(Cl)cc(C(=O)NCc2ccc(Br)cc2)c1. The molecular weight excluding hydrogens is 328 g/mol. The zero-order chi connectivity index (χ0) is 13.8. The van der Waals surface area contributed by atoms with Crippen LogP contribution in [0, 0.1) is 0 Å². The topological polar surface area (TPSA) is 55.1 Å². The van der Waals surface area contributed by atoms with Gasteiger partial charge in [0.05, 0.1) is 0 Å². The maximum Gasteiger partial charge on any atom is 0.251 e. The summed E-state index contributed by atoms with van der Waals surface area (Å²) in [5, 5.41) is 3.27. The molecule has 5 heteroatoms. The number of nitrogens with one attached hydrogen (secondary N) is 1. The first kappa shape index (κ1) is 13.9. The van der Waals surface area contributed by atoms with Crippen LogP contribution in [-0.2, 0) is 6.54 Å². The normalized spacial score (nSPS) is 10.2. The molecule has 0 bridgehead atoms. The van der Waals surface area contributed by atoms with E-state index in [0.717, 1.165) is 10.0 Å². The Labute approximate surface area is 124 Å². The number of carbonyl (C=O) groups excluding carboxylic acids is 1. The average molecular weight is 340 g/mol. The molecule has 0 radical (unpaired) electrons. The summed E-state index contributed by atoms with van der Waals surface area (Å²) in [5.74, 6) is -0.197. The van der Waals surface area contributed by atoms with Crippen LogP contribution in [0.3, 0.4) is 0 Å². The molecule has 2 rings (SSSR count). The molecule has 2 aromatic carbocycles. The van der Waals surface area contributed by atoms with Gasteiger partial charge in [0.25, 0.3) is 5.91 Å². The van der Waals surface area contributed by atoms with Gasteiger partial charge in [-0.2, -0.15) is 0 Å². The smallest absolute Gasteiger partial charge is 0.251 e. The van der Waals surface area contributed by atoms with Crippen molar-refractivity contribution in [3.63, 3.8) is 0 Å². The molecule has 0 atom stereocenters. The number of anilines is 1. The van der Waals surface area contributed by atoms with Gasteiger partial charge < -0.3 is 11.1 Å². The lowest BCUT2D eigenvalue weighted by Gasteiger charge is -2.07. The van der Waals surface area contributed by atoms with Gasteiger partial charge in [-0.25, -0.2) is 0 Å². The summed E-state index contributed by atoms with van der Waals surface area (Å²) >= 11 is 9.23. The van der Waals surface area contributed by atoms with Gasteiger partial charge in [-0.1, -0.05) is 39.7 Å². The molecule has 0 saturated carbocycles. The first-order valence-corrected chi connectivity index (χ1v) is 6.80. The largest absolute Gasteiger partial charge is 0.399 e. The van der Waals surface area contributed by atoms with Crippen molar-refractivity contribution < 1.29 is 4.79 Å². The van der Waals surface area contributed by atoms with E-state index in [2.05, 4.69) is 21.2 Å². The standard InChI is InChI=1S/C14H12BrClN2O/c15-11-3-1-9(2-4-11)8-18-14(19)10-5-12(16)7-13(17)6-10/h1-7H,8,17H2,(H,18,19). The second-order valence-corrected chi connectivity index (χ2v) is 5.43. The average Bonchev–Trinajstić information content (AvgIpc) is 2.36. The molecule has 3 N–H and O–H groups in total. The monoisotopic (exact) mass is 338 g/mol. The number of halogens is 2. The fraction of sp³-hybridized carbons (Fsp3) is 0.0714. The lowest BCUT2D eigenvalue weighted by molar-refractivity contribution is 0.0951. The highest BCUT2D eigenvalue weighted by molar-refractivity contribution is 9.10. The lowest BCUT2D eigenvalue weighted by Crippen LogP contribution is -2.22. The molecule has 0 aliphatic rings. The van der Waals surface area contributed by atoms with E-state index >= 15 is 0 Å². The van der Waals surface area contributed by atoms with E-state index in [1.54, 1.807) is 18.2 Å². The Morgan fingerprint density at radius 1 is 1.21 bits per heavy atom. The summed E-state index contributed by atoms with van der Waals surface area (Å²) < 4.78 is 1.00. The molecule has 0 aromatic heterocycles. The van der Waals surface area contributed by atoms with Gasteiger partial charge in [0, 0.05) is 27.3 Å². The molecule has 19 heavy (non-hydrogen) atoms. The van der Waals surface area contributed by atoms with Crippen molar-refractivity contribution >= 4 is 39.1 Å². The summed E-state index contributed by atoms with van der Waals surface area (Å²) in [6, 6.07) is 12.5. The van der Waals surface area contributed by atoms with Crippen molar-refractivity contribution in [3.05, 3.63) is 63.1 Å². The Morgan fingerprint density at radius 3 is 2.53 bits per heavy atom. The van der Waals surface area contributed by atoms with E-state index in [1.807, 2.05) is 24.3 Å². The number of benzene rings is 2. The Morgan fingerprint density at radius 2 is 1.89 bits per heavy atom. The zero-order valence-electron chi connectivity index (χ0n) is 9.99. The van der Waals surface area contributed by atoms with Crippen LogP contribution in [-0.4, -0.2) is 5.91 Å². The molecule has 3 nitrogen and oxygen atoms in total. The minimum absolute atomic E-state index is 0.197. The number of nitrogens with two attached hydrogens (primary N) is 1. The number of hydrogen-bond donors (Lipinski definition) is 2. The minimum Gasteiger partial charge on any atom is -0.399 e. The van der Waals surface area contributed by atoms with E-state index in [1.165, 1.54) is 0 Å². The molecular formula is C14H12BrClN2O. The first-order chi connectivity index (χ1) is 9.04. The van der Waals surface area contributed by atoms with Gasteiger partial charge in [-0.3, -0.25) is 4.79 Å². The van der Waals surface area contributed by atoms with Crippen molar-refractivity contribution in [3.8, 4) is 0 Å². The minimum atomic E-state index is -0.197. The fourth-order valence-corrected chi connectivity index (χ4v) is 2.14. The highest BCUT2D eigenvalue weighted by atomic mass is 79.9. The molecule has 0 heterocycles. The van der Waals surface area contributed by atoms with Crippen LogP contribution in [0.1, 0.15) is 15.9 Å². The molecule has 2 aromatic rings. The summed E-state index contributed by atoms with van der Waals surface area (Å²) in [6.07, 6.45) is 0. The lowest BCUT2D eigenvalue weighted by atomic mass is 10.1. The quantitative estimate of drug-likeness (QED) is 0.839. The van der Waals surface area contributed by atoms with Crippen LogP contribution in [0.5, 0.6) is 0 Å².